The Morgan fingerprint density at radius 2 is 1.96 bits per heavy atom. The molecular weight excluding hydrogens is 431 g/mol. The van der Waals surface area contributed by atoms with Crippen LogP contribution in [0, 0.1) is 0 Å². The van der Waals surface area contributed by atoms with Gasteiger partial charge in [0.05, 0.1) is 12.1 Å². The third kappa shape index (κ3) is 6.12. The minimum atomic E-state index is 0. The zero-order valence-corrected chi connectivity index (χ0v) is 17.9. The zero-order valence-electron chi connectivity index (χ0n) is 14.8. The van der Waals surface area contributed by atoms with E-state index < -0.39 is 0 Å². The summed E-state index contributed by atoms with van der Waals surface area (Å²) in [5, 5.41) is 7.89. The van der Waals surface area contributed by atoms with Crippen molar-refractivity contribution in [3.8, 4) is 0 Å². The molecule has 1 aromatic heterocycles. The fourth-order valence-corrected chi connectivity index (χ4v) is 2.39. The molecule has 4 nitrogen and oxygen atoms in total. The van der Waals surface area contributed by atoms with E-state index in [1.54, 1.807) is 0 Å². The number of para-hydroxylation sites is 1. The second-order valence-corrected chi connectivity index (χ2v) is 7.52. The van der Waals surface area contributed by atoms with Crippen LogP contribution in [0.1, 0.15) is 26.3 Å². The minimum absolute atomic E-state index is 0. The van der Waals surface area contributed by atoms with Crippen molar-refractivity contribution in [3.05, 3.63) is 42.1 Å². The molecule has 132 valence electrons. The maximum atomic E-state index is 4.72. The first-order valence-electron chi connectivity index (χ1n) is 7.95. The Balaban J connectivity index is 0.00000288. The van der Waals surface area contributed by atoms with Gasteiger partial charge in [-0.2, -0.15) is 11.8 Å². The maximum absolute atomic E-state index is 4.72. The number of guanidine groups is 1. The molecule has 24 heavy (non-hydrogen) atoms. The van der Waals surface area contributed by atoms with Crippen LogP contribution in [0.3, 0.4) is 0 Å². The number of thioether (sulfide) groups is 1. The minimum Gasteiger partial charge on any atom is -0.357 e. The molecule has 0 spiro atoms. The molecular formula is C18H27IN4S. The summed E-state index contributed by atoms with van der Waals surface area (Å²) in [5.41, 5.74) is 2.17. The molecule has 0 unspecified atom stereocenters. The lowest BCUT2D eigenvalue weighted by atomic mass is 10.1. The topological polar surface area (TPSA) is 49.3 Å². The van der Waals surface area contributed by atoms with Gasteiger partial charge in [-0.1, -0.05) is 24.3 Å². The number of hydrogen-bond donors (Lipinski definition) is 2. The molecule has 6 heteroatoms. The van der Waals surface area contributed by atoms with E-state index in [1.165, 1.54) is 0 Å². The van der Waals surface area contributed by atoms with Crippen molar-refractivity contribution in [2.24, 2.45) is 4.99 Å². The van der Waals surface area contributed by atoms with Crippen molar-refractivity contribution in [2.75, 3.05) is 19.3 Å². The second kappa shape index (κ2) is 10.1. The standard InChI is InChI=1S/C18H26N4S.HI/c1-5-19-17(22-13-18(2,3)23-4)21-12-15-9-6-8-14-10-7-11-20-16(14)15;/h6-11H,5,12-13H2,1-4H3,(H2,19,21,22);1H. The third-order valence-electron chi connectivity index (χ3n) is 3.70. The number of rotatable bonds is 6. The summed E-state index contributed by atoms with van der Waals surface area (Å²) >= 11 is 1.85. The Morgan fingerprint density at radius 1 is 1.21 bits per heavy atom. The molecule has 2 N–H and O–H groups in total. The summed E-state index contributed by atoms with van der Waals surface area (Å²) in [6.07, 6.45) is 3.97. The first kappa shape index (κ1) is 21.0. The van der Waals surface area contributed by atoms with E-state index in [-0.39, 0.29) is 28.7 Å². The van der Waals surface area contributed by atoms with Gasteiger partial charge in [-0.05, 0) is 38.7 Å². The molecule has 1 heterocycles. The summed E-state index contributed by atoms with van der Waals surface area (Å²) in [6.45, 7) is 8.86. The first-order valence-corrected chi connectivity index (χ1v) is 9.18. The largest absolute Gasteiger partial charge is 0.357 e. The lowest BCUT2D eigenvalue weighted by Gasteiger charge is -2.23. The van der Waals surface area contributed by atoms with Crippen molar-refractivity contribution in [1.82, 2.24) is 15.6 Å². The molecule has 0 saturated heterocycles. The molecule has 0 amide bonds. The number of pyridine rings is 1. The number of hydrogen-bond acceptors (Lipinski definition) is 3. The SMILES string of the molecule is CCNC(=NCc1cccc2cccnc12)NCC(C)(C)SC.I. The number of nitrogens with zero attached hydrogens (tertiary/aromatic N) is 2. The Hall–Kier alpha value is -1.02. The van der Waals surface area contributed by atoms with Crippen LogP contribution in [0.25, 0.3) is 10.9 Å². The highest BCUT2D eigenvalue weighted by molar-refractivity contribution is 14.0. The number of benzene rings is 1. The average molecular weight is 458 g/mol. The second-order valence-electron chi connectivity index (χ2n) is 6.00. The highest BCUT2D eigenvalue weighted by Crippen LogP contribution is 2.19. The van der Waals surface area contributed by atoms with Gasteiger partial charge in [0.25, 0.3) is 0 Å². The normalized spacial score (nSPS) is 11.9. The summed E-state index contributed by atoms with van der Waals surface area (Å²) in [7, 11) is 0. The molecule has 0 aliphatic rings. The van der Waals surface area contributed by atoms with E-state index in [9.17, 15) is 0 Å². The first-order chi connectivity index (χ1) is 11.1. The quantitative estimate of drug-likeness (QED) is 0.390. The van der Waals surface area contributed by atoms with Crippen LogP contribution in [0.2, 0.25) is 0 Å². The highest BCUT2D eigenvalue weighted by atomic mass is 127. The Labute approximate surface area is 166 Å². The maximum Gasteiger partial charge on any atom is 0.191 e. The molecule has 0 atom stereocenters. The van der Waals surface area contributed by atoms with Gasteiger partial charge in [0.15, 0.2) is 5.96 Å². The zero-order chi connectivity index (χ0) is 16.7. The van der Waals surface area contributed by atoms with Crippen LogP contribution in [0.15, 0.2) is 41.5 Å². The molecule has 0 fully saturated rings. The fraction of sp³-hybridized carbons (Fsp3) is 0.444. The van der Waals surface area contributed by atoms with Crippen molar-refractivity contribution in [2.45, 2.75) is 32.1 Å². The predicted molar refractivity (Wildman–Crippen MR) is 118 cm³/mol. The van der Waals surface area contributed by atoms with E-state index >= 15 is 0 Å². The number of fused-ring (bicyclic) bond motifs is 1. The number of aromatic nitrogens is 1. The summed E-state index contributed by atoms with van der Waals surface area (Å²) in [6, 6.07) is 10.3. The smallest absolute Gasteiger partial charge is 0.191 e. The van der Waals surface area contributed by atoms with E-state index in [2.05, 4.69) is 66.9 Å². The summed E-state index contributed by atoms with van der Waals surface area (Å²) < 4.78 is 0.178. The molecule has 2 rings (SSSR count). The van der Waals surface area contributed by atoms with Crippen molar-refractivity contribution in [3.63, 3.8) is 0 Å². The Kier molecular flexibility index (Phi) is 8.83. The van der Waals surface area contributed by atoms with Gasteiger partial charge < -0.3 is 10.6 Å². The van der Waals surface area contributed by atoms with E-state index in [0.29, 0.717) is 6.54 Å². The highest BCUT2D eigenvalue weighted by Gasteiger charge is 2.16. The van der Waals surface area contributed by atoms with Crippen LogP contribution >= 0.6 is 35.7 Å². The fourth-order valence-electron chi connectivity index (χ4n) is 2.17. The number of halogens is 1. The number of nitrogens with one attached hydrogen (secondary N) is 2. The van der Waals surface area contributed by atoms with Crippen molar-refractivity contribution >= 4 is 52.6 Å². The monoisotopic (exact) mass is 458 g/mol. The van der Waals surface area contributed by atoms with Crippen molar-refractivity contribution < 1.29 is 0 Å². The lowest BCUT2D eigenvalue weighted by Crippen LogP contribution is -2.43. The van der Waals surface area contributed by atoms with E-state index in [0.717, 1.165) is 35.5 Å². The van der Waals surface area contributed by atoms with E-state index in [1.807, 2.05) is 24.0 Å². The van der Waals surface area contributed by atoms with E-state index in [4.69, 9.17) is 4.99 Å². The Bertz CT molecular complexity index is 668. The van der Waals surface area contributed by atoms with Crippen LogP contribution in [0.4, 0.5) is 0 Å². The average Bonchev–Trinajstić information content (AvgIpc) is 2.57. The van der Waals surface area contributed by atoms with Crippen LogP contribution < -0.4 is 10.6 Å². The van der Waals surface area contributed by atoms with Crippen molar-refractivity contribution in [1.29, 1.82) is 0 Å². The Morgan fingerprint density at radius 3 is 2.67 bits per heavy atom. The molecule has 0 radical (unpaired) electrons. The summed E-state index contributed by atoms with van der Waals surface area (Å²) in [5.74, 6) is 0.850. The van der Waals surface area contributed by atoms with Gasteiger partial charge in [0.1, 0.15) is 0 Å². The van der Waals surface area contributed by atoms with Gasteiger partial charge in [-0.15, -0.1) is 24.0 Å². The molecule has 0 aliphatic heterocycles. The third-order valence-corrected chi connectivity index (χ3v) is 4.95. The number of aliphatic imine (C=N–C) groups is 1. The molecule has 1 aromatic carbocycles. The molecule has 0 bridgehead atoms. The van der Waals surface area contributed by atoms with Gasteiger partial charge in [-0.25, -0.2) is 4.99 Å². The molecule has 0 aliphatic carbocycles. The van der Waals surface area contributed by atoms with Crippen LogP contribution in [-0.2, 0) is 6.54 Å². The molecule has 2 aromatic rings. The predicted octanol–water partition coefficient (Wildman–Crippen LogP) is 4.05. The lowest BCUT2D eigenvalue weighted by molar-refractivity contribution is 0.665. The van der Waals surface area contributed by atoms with Gasteiger partial charge in [-0.3, -0.25) is 4.98 Å². The van der Waals surface area contributed by atoms with Gasteiger partial charge in [0, 0.05) is 29.4 Å². The van der Waals surface area contributed by atoms with Crippen LogP contribution in [0.5, 0.6) is 0 Å². The van der Waals surface area contributed by atoms with Gasteiger partial charge in [0.2, 0.25) is 0 Å². The van der Waals surface area contributed by atoms with Crippen LogP contribution in [-0.4, -0.2) is 35.0 Å². The summed E-state index contributed by atoms with van der Waals surface area (Å²) in [4.78, 5) is 9.21. The molecule has 0 saturated carbocycles. The van der Waals surface area contributed by atoms with Gasteiger partial charge >= 0.3 is 0 Å².